The van der Waals surface area contributed by atoms with E-state index in [0.29, 0.717) is 22.7 Å². The molecular weight excluding hydrogens is 230 g/mol. The fourth-order valence-corrected chi connectivity index (χ4v) is 1.91. The molecule has 5 heteroatoms. The number of fused-ring (bicyclic) bond motifs is 1. The predicted octanol–water partition coefficient (Wildman–Crippen LogP) is 2.48. The number of furan rings is 1. The topological polar surface area (TPSA) is 74.2 Å². The van der Waals surface area contributed by atoms with Gasteiger partial charge in [-0.25, -0.2) is 9.97 Å². The Morgan fingerprint density at radius 2 is 2.06 bits per heavy atom. The molecule has 2 N–H and O–H groups in total. The van der Waals surface area contributed by atoms with E-state index in [9.17, 15) is 0 Å². The van der Waals surface area contributed by atoms with Crippen LogP contribution in [0.25, 0.3) is 22.4 Å². The highest BCUT2D eigenvalue weighted by atomic mass is 16.5. The maximum atomic E-state index is 5.73. The van der Waals surface area contributed by atoms with Crippen LogP contribution in [0.5, 0.6) is 5.75 Å². The summed E-state index contributed by atoms with van der Waals surface area (Å²) in [7, 11) is 1.60. The standard InChI is InChI=1S/C13H11N3O2/c1-17-9-5-2-4-8-11(9)15-13(14)16-12(8)10-6-3-7-18-10/h2-7H,1H3,(H2,14,15,16). The second kappa shape index (κ2) is 4.03. The first-order valence-electron chi connectivity index (χ1n) is 5.43. The summed E-state index contributed by atoms with van der Waals surface area (Å²) in [4.78, 5) is 8.45. The molecule has 0 aliphatic rings. The molecule has 0 saturated heterocycles. The lowest BCUT2D eigenvalue weighted by Gasteiger charge is -2.07. The van der Waals surface area contributed by atoms with Crippen LogP contribution in [0.2, 0.25) is 0 Å². The second-order valence-corrected chi connectivity index (χ2v) is 3.76. The van der Waals surface area contributed by atoms with Crippen molar-refractivity contribution in [2.45, 2.75) is 0 Å². The first-order valence-corrected chi connectivity index (χ1v) is 5.43. The minimum Gasteiger partial charge on any atom is -0.494 e. The number of rotatable bonds is 2. The number of benzene rings is 1. The highest BCUT2D eigenvalue weighted by molar-refractivity contribution is 5.95. The van der Waals surface area contributed by atoms with Gasteiger partial charge in [0.1, 0.15) is 17.0 Å². The van der Waals surface area contributed by atoms with Crippen LogP contribution in [-0.2, 0) is 0 Å². The third kappa shape index (κ3) is 1.57. The Bertz CT molecular complexity index is 693. The van der Waals surface area contributed by atoms with Crippen molar-refractivity contribution in [3.05, 3.63) is 36.6 Å². The molecular formula is C13H11N3O2. The molecule has 0 fully saturated rings. The molecule has 5 nitrogen and oxygen atoms in total. The van der Waals surface area contributed by atoms with Crippen LogP contribution in [0, 0.1) is 0 Å². The zero-order chi connectivity index (χ0) is 12.5. The molecule has 0 amide bonds. The van der Waals surface area contributed by atoms with Gasteiger partial charge in [0.2, 0.25) is 5.95 Å². The lowest BCUT2D eigenvalue weighted by atomic mass is 10.1. The first-order chi connectivity index (χ1) is 8.79. The number of nitrogen functional groups attached to an aromatic ring is 1. The summed E-state index contributed by atoms with van der Waals surface area (Å²) >= 11 is 0. The molecule has 3 aromatic rings. The maximum absolute atomic E-state index is 5.73. The van der Waals surface area contributed by atoms with E-state index in [4.69, 9.17) is 14.9 Å². The van der Waals surface area contributed by atoms with Gasteiger partial charge in [0, 0.05) is 5.39 Å². The van der Waals surface area contributed by atoms with Gasteiger partial charge in [0.15, 0.2) is 5.76 Å². The number of para-hydroxylation sites is 1. The Labute approximate surface area is 103 Å². The number of hydrogen-bond donors (Lipinski definition) is 1. The zero-order valence-electron chi connectivity index (χ0n) is 9.75. The van der Waals surface area contributed by atoms with Gasteiger partial charge >= 0.3 is 0 Å². The van der Waals surface area contributed by atoms with Gasteiger partial charge in [-0.3, -0.25) is 0 Å². The molecule has 1 aromatic carbocycles. The van der Waals surface area contributed by atoms with Crippen LogP contribution < -0.4 is 10.5 Å². The Morgan fingerprint density at radius 1 is 1.17 bits per heavy atom. The number of hydrogen-bond acceptors (Lipinski definition) is 5. The third-order valence-electron chi connectivity index (χ3n) is 2.68. The largest absolute Gasteiger partial charge is 0.494 e. The lowest BCUT2D eigenvalue weighted by Crippen LogP contribution is -1.99. The van der Waals surface area contributed by atoms with E-state index in [1.807, 2.05) is 24.3 Å². The summed E-state index contributed by atoms with van der Waals surface area (Å²) in [6.45, 7) is 0. The van der Waals surface area contributed by atoms with E-state index in [0.717, 1.165) is 5.39 Å². The number of nitrogens with two attached hydrogens (primary N) is 1. The van der Waals surface area contributed by atoms with E-state index in [1.54, 1.807) is 19.4 Å². The normalized spacial score (nSPS) is 10.7. The Balaban J connectivity index is 2.39. The number of methoxy groups -OCH3 is 1. The number of aromatic nitrogens is 2. The van der Waals surface area contributed by atoms with Gasteiger partial charge in [-0.1, -0.05) is 12.1 Å². The molecule has 0 saturated carbocycles. The van der Waals surface area contributed by atoms with E-state index >= 15 is 0 Å². The minimum absolute atomic E-state index is 0.193. The Hall–Kier alpha value is -2.56. The van der Waals surface area contributed by atoms with E-state index in [2.05, 4.69) is 9.97 Å². The SMILES string of the molecule is COc1cccc2c(-c3ccco3)nc(N)nc12. The lowest BCUT2D eigenvalue weighted by molar-refractivity contribution is 0.419. The molecule has 0 unspecified atom stereocenters. The van der Waals surface area contributed by atoms with Crippen LogP contribution in [0.3, 0.4) is 0 Å². The molecule has 0 radical (unpaired) electrons. The molecule has 90 valence electrons. The van der Waals surface area contributed by atoms with E-state index in [1.165, 1.54) is 0 Å². The van der Waals surface area contributed by atoms with E-state index in [-0.39, 0.29) is 5.95 Å². The van der Waals surface area contributed by atoms with Crippen molar-refractivity contribution in [3.63, 3.8) is 0 Å². The van der Waals surface area contributed by atoms with Crippen molar-refractivity contribution in [2.24, 2.45) is 0 Å². The average molecular weight is 241 g/mol. The fraction of sp³-hybridized carbons (Fsp3) is 0.0769. The molecule has 0 atom stereocenters. The van der Waals surface area contributed by atoms with Gasteiger partial charge in [-0.2, -0.15) is 0 Å². The molecule has 2 heterocycles. The molecule has 0 aliphatic heterocycles. The highest BCUT2D eigenvalue weighted by Gasteiger charge is 2.13. The average Bonchev–Trinajstić information content (AvgIpc) is 2.90. The zero-order valence-corrected chi connectivity index (χ0v) is 9.75. The monoisotopic (exact) mass is 241 g/mol. The number of nitrogens with zero attached hydrogens (tertiary/aromatic N) is 2. The summed E-state index contributed by atoms with van der Waals surface area (Å²) < 4.78 is 10.6. The Morgan fingerprint density at radius 3 is 2.78 bits per heavy atom. The fourth-order valence-electron chi connectivity index (χ4n) is 1.91. The van der Waals surface area contributed by atoms with Crippen molar-refractivity contribution in [1.29, 1.82) is 0 Å². The van der Waals surface area contributed by atoms with Crippen LogP contribution in [0.15, 0.2) is 41.0 Å². The van der Waals surface area contributed by atoms with Crippen molar-refractivity contribution < 1.29 is 9.15 Å². The summed E-state index contributed by atoms with van der Waals surface area (Å²) in [5.74, 6) is 1.51. The Kier molecular flexibility index (Phi) is 2.37. The minimum atomic E-state index is 0.193. The predicted molar refractivity (Wildman–Crippen MR) is 68.2 cm³/mol. The van der Waals surface area contributed by atoms with Crippen molar-refractivity contribution in [2.75, 3.05) is 12.8 Å². The van der Waals surface area contributed by atoms with Crippen molar-refractivity contribution in [3.8, 4) is 17.2 Å². The summed E-state index contributed by atoms with van der Waals surface area (Å²) in [6.07, 6.45) is 1.60. The van der Waals surface area contributed by atoms with Crippen LogP contribution in [0.4, 0.5) is 5.95 Å². The highest BCUT2D eigenvalue weighted by Crippen LogP contribution is 2.31. The van der Waals surface area contributed by atoms with Crippen LogP contribution in [-0.4, -0.2) is 17.1 Å². The first kappa shape index (κ1) is 10.6. The molecule has 0 bridgehead atoms. The number of ether oxygens (including phenoxy) is 1. The van der Waals surface area contributed by atoms with Gasteiger partial charge < -0.3 is 14.9 Å². The second-order valence-electron chi connectivity index (χ2n) is 3.76. The quantitative estimate of drug-likeness (QED) is 0.746. The summed E-state index contributed by atoms with van der Waals surface area (Å²) in [5.41, 5.74) is 7.08. The smallest absolute Gasteiger partial charge is 0.221 e. The molecule has 18 heavy (non-hydrogen) atoms. The van der Waals surface area contributed by atoms with Crippen molar-refractivity contribution in [1.82, 2.24) is 9.97 Å². The molecule has 0 aliphatic carbocycles. The van der Waals surface area contributed by atoms with Gasteiger partial charge in [-0.15, -0.1) is 0 Å². The maximum Gasteiger partial charge on any atom is 0.221 e. The molecule has 3 rings (SSSR count). The van der Waals surface area contributed by atoms with Crippen LogP contribution >= 0.6 is 0 Å². The van der Waals surface area contributed by atoms with E-state index < -0.39 is 0 Å². The van der Waals surface area contributed by atoms with Gasteiger partial charge in [0.25, 0.3) is 0 Å². The number of anilines is 1. The van der Waals surface area contributed by atoms with Crippen LogP contribution in [0.1, 0.15) is 0 Å². The summed E-state index contributed by atoms with van der Waals surface area (Å²) in [6, 6.07) is 9.27. The molecule has 2 aromatic heterocycles. The van der Waals surface area contributed by atoms with Gasteiger partial charge in [-0.05, 0) is 18.2 Å². The third-order valence-corrected chi connectivity index (χ3v) is 2.68. The molecule has 0 spiro atoms. The summed E-state index contributed by atoms with van der Waals surface area (Å²) in [5, 5.41) is 0.846. The van der Waals surface area contributed by atoms with Crippen molar-refractivity contribution >= 4 is 16.9 Å². The van der Waals surface area contributed by atoms with Gasteiger partial charge in [0.05, 0.1) is 13.4 Å².